The third-order valence-corrected chi connectivity index (χ3v) is 2.58. The lowest BCUT2D eigenvalue weighted by Crippen LogP contribution is -2.29. The molecule has 2 aromatic carbocycles. The summed E-state index contributed by atoms with van der Waals surface area (Å²) in [5.41, 5.74) is 0.676. The lowest BCUT2D eigenvalue weighted by molar-refractivity contribution is -0.115. The number of rotatable bonds is 3. The molecule has 4 heteroatoms. The highest BCUT2D eigenvalue weighted by Crippen LogP contribution is 2.06. The van der Waals surface area contributed by atoms with Gasteiger partial charge in [0.2, 0.25) is 0 Å². The van der Waals surface area contributed by atoms with Crippen molar-refractivity contribution in [2.75, 3.05) is 0 Å². The van der Waals surface area contributed by atoms with Crippen LogP contribution in [0.1, 0.15) is 15.9 Å². The molecule has 0 aliphatic heterocycles. The average molecular weight is 269 g/mol. The number of imide groups is 1. The fourth-order valence-corrected chi connectivity index (χ4v) is 1.60. The van der Waals surface area contributed by atoms with Gasteiger partial charge in [0.25, 0.3) is 11.8 Å². The van der Waals surface area contributed by atoms with Crippen molar-refractivity contribution in [1.29, 1.82) is 0 Å². The zero-order chi connectivity index (χ0) is 14.4. The highest BCUT2D eigenvalue weighted by Gasteiger charge is 2.12. The number of hydrogen-bond acceptors (Lipinski definition) is 2. The molecule has 0 aliphatic carbocycles. The van der Waals surface area contributed by atoms with Gasteiger partial charge in [0.15, 0.2) is 0 Å². The fraction of sp³-hybridized carbons (Fsp3) is 0. The molecule has 0 aliphatic rings. The van der Waals surface area contributed by atoms with Gasteiger partial charge in [-0.1, -0.05) is 42.5 Å². The predicted octanol–water partition coefficient (Wildman–Crippen LogP) is 2.80. The van der Waals surface area contributed by atoms with Crippen LogP contribution in [0, 0.1) is 5.82 Å². The molecule has 0 aromatic heterocycles. The summed E-state index contributed by atoms with van der Waals surface area (Å²) in [4.78, 5) is 23.3. The Morgan fingerprint density at radius 1 is 0.950 bits per heavy atom. The number of carbonyl (C=O) groups excluding carboxylic acids is 2. The van der Waals surface area contributed by atoms with Crippen LogP contribution in [0.15, 0.2) is 60.7 Å². The van der Waals surface area contributed by atoms with E-state index < -0.39 is 17.6 Å². The first-order valence-electron chi connectivity index (χ1n) is 6.00. The van der Waals surface area contributed by atoms with Gasteiger partial charge >= 0.3 is 0 Å². The van der Waals surface area contributed by atoms with Gasteiger partial charge in [0.05, 0.1) is 5.56 Å². The van der Waals surface area contributed by atoms with Crippen LogP contribution in [0.3, 0.4) is 0 Å². The molecule has 20 heavy (non-hydrogen) atoms. The first-order valence-corrected chi connectivity index (χ1v) is 6.00. The quantitative estimate of drug-likeness (QED) is 0.871. The summed E-state index contributed by atoms with van der Waals surface area (Å²) < 4.78 is 13.4. The van der Waals surface area contributed by atoms with Crippen molar-refractivity contribution in [3.8, 4) is 0 Å². The van der Waals surface area contributed by atoms with Crippen molar-refractivity contribution in [2.45, 2.75) is 0 Å². The molecule has 3 nitrogen and oxygen atoms in total. The topological polar surface area (TPSA) is 46.2 Å². The molecule has 2 amide bonds. The van der Waals surface area contributed by atoms with Gasteiger partial charge in [0.1, 0.15) is 5.82 Å². The molecule has 0 saturated carbocycles. The normalized spacial score (nSPS) is 10.4. The molecule has 0 saturated heterocycles. The number of carbonyl (C=O) groups is 2. The lowest BCUT2D eigenvalue weighted by atomic mass is 10.2. The molecular weight excluding hydrogens is 257 g/mol. The Labute approximate surface area is 115 Å². The third-order valence-electron chi connectivity index (χ3n) is 2.58. The standard InChI is InChI=1S/C16H12FNO2/c17-14-9-5-4-8-13(14)16(20)18-15(19)11-10-12-6-2-1-3-7-12/h1-11H,(H,18,19,20)/b11-10+. The lowest BCUT2D eigenvalue weighted by Gasteiger charge is -2.02. The van der Waals surface area contributed by atoms with Crippen LogP contribution in [0.25, 0.3) is 6.08 Å². The minimum Gasteiger partial charge on any atom is -0.289 e. The summed E-state index contributed by atoms with van der Waals surface area (Å²) in [5, 5.41) is 2.10. The van der Waals surface area contributed by atoms with Crippen LogP contribution < -0.4 is 5.32 Å². The molecule has 0 radical (unpaired) electrons. The maximum atomic E-state index is 13.4. The molecule has 0 atom stereocenters. The highest BCUT2D eigenvalue weighted by atomic mass is 19.1. The Morgan fingerprint density at radius 2 is 1.60 bits per heavy atom. The number of amides is 2. The number of nitrogens with one attached hydrogen (secondary N) is 1. The summed E-state index contributed by atoms with van der Waals surface area (Å²) in [5.74, 6) is -2.02. The maximum Gasteiger partial charge on any atom is 0.261 e. The van der Waals surface area contributed by atoms with E-state index in [2.05, 4.69) is 5.32 Å². The Balaban J connectivity index is 2.00. The smallest absolute Gasteiger partial charge is 0.261 e. The summed E-state index contributed by atoms with van der Waals surface area (Å²) in [7, 11) is 0. The average Bonchev–Trinajstić information content (AvgIpc) is 2.46. The second kappa shape index (κ2) is 6.43. The first kappa shape index (κ1) is 13.7. The Kier molecular flexibility index (Phi) is 4.39. The SMILES string of the molecule is O=C(/C=C/c1ccccc1)NC(=O)c1ccccc1F. The summed E-state index contributed by atoms with van der Waals surface area (Å²) in [6.45, 7) is 0. The van der Waals surface area contributed by atoms with Crippen molar-refractivity contribution < 1.29 is 14.0 Å². The van der Waals surface area contributed by atoms with Crippen molar-refractivity contribution in [3.05, 3.63) is 77.6 Å². The summed E-state index contributed by atoms with van der Waals surface area (Å²) in [6.07, 6.45) is 2.80. The van der Waals surface area contributed by atoms with E-state index in [0.717, 1.165) is 5.56 Å². The number of halogens is 1. The van der Waals surface area contributed by atoms with Crippen LogP contribution in [-0.2, 0) is 4.79 Å². The molecule has 0 bridgehead atoms. The van der Waals surface area contributed by atoms with E-state index in [4.69, 9.17) is 0 Å². The molecular formula is C16H12FNO2. The fourth-order valence-electron chi connectivity index (χ4n) is 1.60. The minimum absolute atomic E-state index is 0.158. The van der Waals surface area contributed by atoms with Crippen LogP contribution in [0.5, 0.6) is 0 Å². The molecule has 0 spiro atoms. The van der Waals surface area contributed by atoms with E-state index >= 15 is 0 Å². The van der Waals surface area contributed by atoms with Crippen molar-refractivity contribution in [1.82, 2.24) is 5.32 Å². The summed E-state index contributed by atoms with van der Waals surface area (Å²) >= 11 is 0. The molecule has 2 rings (SSSR count). The number of benzene rings is 2. The van der Waals surface area contributed by atoms with Crippen molar-refractivity contribution >= 4 is 17.9 Å². The largest absolute Gasteiger partial charge is 0.289 e. The van der Waals surface area contributed by atoms with Gasteiger partial charge < -0.3 is 0 Å². The third kappa shape index (κ3) is 3.62. The molecule has 0 heterocycles. The number of hydrogen-bond donors (Lipinski definition) is 1. The van der Waals surface area contributed by atoms with E-state index in [1.807, 2.05) is 30.3 Å². The van der Waals surface area contributed by atoms with Crippen LogP contribution in [0.4, 0.5) is 4.39 Å². The monoisotopic (exact) mass is 269 g/mol. The first-order chi connectivity index (χ1) is 9.66. The maximum absolute atomic E-state index is 13.4. The van der Waals surface area contributed by atoms with E-state index in [-0.39, 0.29) is 5.56 Å². The predicted molar refractivity (Wildman–Crippen MR) is 74.3 cm³/mol. The van der Waals surface area contributed by atoms with Gasteiger partial charge in [-0.2, -0.15) is 0 Å². The zero-order valence-corrected chi connectivity index (χ0v) is 10.5. The second-order valence-electron chi connectivity index (χ2n) is 4.04. The van der Waals surface area contributed by atoms with Crippen molar-refractivity contribution in [2.24, 2.45) is 0 Å². The van der Waals surface area contributed by atoms with Gasteiger partial charge in [-0.05, 0) is 23.8 Å². The Bertz CT molecular complexity index is 651. The van der Waals surface area contributed by atoms with E-state index in [1.54, 1.807) is 6.08 Å². The van der Waals surface area contributed by atoms with Gasteiger partial charge in [0, 0.05) is 6.08 Å². The minimum atomic E-state index is -0.759. The van der Waals surface area contributed by atoms with Gasteiger partial charge in [-0.15, -0.1) is 0 Å². The molecule has 1 N–H and O–H groups in total. The van der Waals surface area contributed by atoms with Gasteiger partial charge in [-0.3, -0.25) is 14.9 Å². The highest BCUT2D eigenvalue weighted by molar-refractivity contribution is 6.09. The van der Waals surface area contributed by atoms with E-state index in [1.165, 1.54) is 30.3 Å². The van der Waals surface area contributed by atoms with Gasteiger partial charge in [-0.25, -0.2) is 4.39 Å². The summed E-state index contributed by atoms with van der Waals surface area (Å²) in [6, 6.07) is 14.7. The Morgan fingerprint density at radius 3 is 2.30 bits per heavy atom. The van der Waals surface area contributed by atoms with E-state index in [9.17, 15) is 14.0 Å². The zero-order valence-electron chi connectivity index (χ0n) is 10.5. The van der Waals surface area contributed by atoms with Crippen LogP contribution >= 0.6 is 0 Å². The van der Waals surface area contributed by atoms with Crippen LogP contribution in [-0.4, -0.2) is 11.8 Å². The molecule has 100 valence electrons. The van der Waals surface area contributed by atoms with Crippen LogP contribution in [0.2, 0.25) is 0 Å². The molecule has 2 aromatic rings. The molecule has 0 fully saturated rings. The molecule has 0 unspecified atom stereocenters. The van der Waals surface area contributed by atoms with E-state index in [0.29, 0.717) is 0 Å². The second-order valence-corrected chi connectivity index (χ2v) is 4.04. The van der Waals surface area contributed by atoms with Crippen molar-refractivity contribution in [3.63, 3.8) is 0 Å². The Hall–Kier alpha value is -2.75.